The van der Waals surface area contributed by atoms with Gasteiger partial charge in [0.25, 0.3) is 10.2 Å². The van der Waals surface area contributed by atoms with Gasteiger partial charge in [0.15, 0.2) is 0 Å². The summed E-state index contributed by atoms with van der Waals surface area (Å²) < 4.78 is 34.2. The number of nitrogens with zero attached hydrogens (tertiary/aromatic N) is 3. The van der Waals surface area contributed by atoms with Gasteiger partial charge >= 0.3 is 0 Å². The van der Waals surface area contributed by atoms with Crippen LogP contribution in [0.4, 0.5) is 5.69 Å². The summed E-state index contributed by atoms with van der Waals surface area (Å²) in [5.74, 6) is 0.614. The van der Waals surface area contributed by atoms with Gasteiger partial charge in [-0.1, -0.05) is 44.2 Å². The van der Waals surface area contributed by atoms with E-state index in [-0.39, 0.29) is 11.9 Å². The van der Waals surface area contributed by atoms with E-state index in [1.165, 1.54) is 8.61 Å². The lowest BCUT2D eigenvalue weighted by molar-refractivity contribution is -0.121. The number of nitrogens with one attached hydrogen (secondary N) is 1. The molecule has 1 amide bonds. The van der Waals surface area contributed by atoms with Crippen molar-refractivity contribution in [2.75, 3.05) is 44.6 Å². The van der Waals surface area contributed by atoms with Crippen molar-refractivity contribution >= 4 is 21.8 Å². The van der Waals surface area contributed by atoms with E-state index in [2.05, 4.69) is 5.32 Å². The van der Waals surface area contributed by atoms with E-state index < -0.39 is 10.2 Å². The minimum absolute atomic E-state index is 0.118. The zero-order chi connectivity index (χ0) is 23.8. The molecule has 0 aromatic heterocycles. The van der Waals surface area contributed by atoms with Crippen molar-refractivity contribution in [3.8, 4) is 5.75 Å². The van der Waals surface area contributed by atoms with Crippen LogP contribution in [0.3, 0.4) is 0 Å². The van der Waals surface area contributed by atoms with Crippen LogP contribution in [0.1, 0.15) is 26.3 Å². The van der Waals surface area contributed by atoms with Crippen LogP contribution < -0.4 is 10.1 Å². The topological polar surface area (TPSA) is 82.2 Å². The molecule has 1 fully saturated rings. The Morgan fingerprint density at radius 1 is 1.00 bits per heavy atom. The van der Waals surface area contributed by atoms with Crippen molar-refractivity contribution in [3.63, 3.8) is 0 Å². The summed E-state index contributed by atoms with van der Waals surface area (Å²) >= 11 is 0. The highest BCUT2D eigenvalue weighted by Crippen LogP contribution is 2.19. The first-order chi connectivity index (χ1) is 15.8. The summed E-state index contributed by atoms with van der Waals surface area (Å²) in [6, 6.07) is 16.9. The fraction of sp³-hybridized carbons (Fsp3) is 0.458. The molecular formula is C24H34N4O4S. The maximum atomic E-state index is 12.8. The van der Waals surface area contributed by atoms with Gasteiger partial charge in [0.1, 0.15) is 12.4 Å². The molecule has 0 saturated carbocycles. The van der Waals surface area contributed by atoms with Crippen LogP contribution in [-0.2, 0) is 21.6 Å². The Balaban J connectivity index is 1.48. The molecule has 2 aromatic carbocycles. The first kappa shape index (κ1) is 25.2. The van der Waals surface area contributed by atoms with Crippen molar-refractivity contribution in [2.45, 2.75) is 33.4 Å². The van der Waals surface area contributed by atoms with Crippen LogP contribution in [-0.4, -0.2) is 73.1 Å². The summed E-state index contributed by atoms with van der Waals surface area (Å²) in [6.45, 7) is 8.70. The van der Waals surface area contributed by atoms with E-state index in [0.717, 1.165) is 11.3 Å². The molecule has 180 valence electrons. The highest BCUT2D eigenvalue weighted by Gasteiger charge is 2.33. The first-order valence-corrected chi connectivity index (χ1v) is 12.8. The van der Waals surface area contributed by atoms with Crippen LogP contribution in [0.25, 0.3) is 0 Å². The molecule has 2 aromatic rings. The largest absolute Gasteiger partial charge is 0.489 e. The van der Waals surface area contributed by atoms with Gasteiger partial charge in [-0.25, -0.2) is 0 Å². The Morgan fingerprint density at radius 3 is 2.18 bits per heavy atom. The lowest BCUT2D eigenvalue weighted by Gasteiger charge is -2.38. The fourth-order valence-corrected chi connectivity index (χ4v) is 5.43. The molecule has 0 radical (unpaired) electrons. The van der Waals surface area contributed by atoms with Crippen LogP contribution in [0, 0.1) is 0 Å². The molecule has 1 saturated heterocycles. The minimum atomic E-state index is -3.44. The first-order valence-electron chi connectivity index (χ1n) is 11.4. The van der Waals surface area contributed by atoms with Gasteiger partial charge in [0.05, 0.1) is 6.04 Å². The second-order valence-electron chi connectivity index (χ2n) is 7.99. The zero-order valence-electron chi connectivity index (χ0n) is 19.6. The zero-order valence-corrected chi connectivity index (χ0v) is 20.4. The number of rotatable bonds is 10. The standard InChI is InChI=1S/C24H34N4O4S/c1-4-27(5-2)33(30,31)28-17-15-26(16-18-28)20(3)24(29)25-22-11-13-23(14-12-22)32-19-21-9-7-6-8-10-21/h6-14,20H,4-5,15-19H2,1-3H3,(H,25,29). The third-order valence-electron chi connectivity index (χ3n) is 5.93. The summed E-state index contributed by atoms with van der Waals surface area (Å²) in [4.78, 5) is 14.8. The van der Waals surface area contributed by atoms with Gasteiger partial charge in [-0.15, -0.1) is 0 Å². The maximum absolute atomic E-state index is 12.8. The van der Waals surface area contributed by atoms with Gasteiger partial charge in [0.2, 0.25) is 5.91 Å². The number of hydrogen-bond donors (Lipinski definition) is 1. The van der Waals surface area contributed by atoms with Gasteiger partial charge in [0, 0.05) is 45.0 Å². The lowest BCUT2D eigenvalue weighted by Crippen LogP contribution is -2.56. The van der Waals surface area contributed by atoms with E-state index >= 15 is 0 Å². The quantitative estimate of drug-likeness (QED) is 0.573. The Kier molecular flexibility index (Phi) is 8.85. The summed E-state index contributed by atoms with van der Waals surface area (Å²) in [5, 5.41) is 2.94. The molecule has 1 aliphatic heterocycles. The Labute approximate surface area is 197 Å². The van der Waals surface area contributed by atoms with Crippen LogP contribution in [0.2, 0.25) is 0 Å². The molecule has 8 nitrogen and oxygen atoms in total. The number of benzene rings is 2. The normalized spacial score (nSPS) is 16.5. The third-order valence-corrected chi connectivity index (χ3v) is 8.12. The van der Waals surface area contributed by atoms with Crippen LogP contribution in [0.5, 0.6) is 5.75 Å². The number of hydrogen-bond acceptors (Lipinski definition) is 5. The number of carbonyl (C=O) groups excluding carboxylic acids is 1. The molecule has 3 rings (SSSR count). The molecule has 0 spiro atoms. The predicted molar refractivity (Wildman–Crippen MR) is 130 cm³/mol. The average Bonchev–Trinajstić information content (AvgIpc) is 2.84. The number of carbonyl (C=O) groups is 1. The van der Waals surface area contributed by atoms with E-state index in [0.29, 0.717) is 51.6 Å². The summed E-state index contributed by atoms with van der Waals surface area (Å²) in [5.41, 5.74) is 1.79. The second-order valence-corrected chi connectivity index (χ2v) is 9.92. The van der Waals surface area contributed by atoms with Gasteiger partial charge in [-0.2, -0.15) is 17.0 Å². The third kappa shape index (κ3) is 6.54. The average molecular weight is 475 g/mol. The predicted octanol–water partition coefficient (Wildman–Crippen LogP) is 2.80. The van der Waals surface area contributed by atoms with E-state index in [9.17, 15) is 13.2 Å². The van der Waals surface area contributed by atoms with Crippen molar-refractivity contribution in [2.24, 2.45) is 0 Å². The van der Waals surface area contributed by atoms with E-state index in [1.807, 2.05) is 80.3 Å². The Bertz CT molecular complexity index is 987. The molecule has 0 bridgehead atoms. The molecule has 1 unspecified atom stereocenters. The molecule has 1 N–H and O–H groups in total. The van der Waals surface area contributed by atoms with Gasteiger partial charge in [-0.05, 0) is 36.8 Å². The van der Waals surface area contributed by atoms with Crippen LogP contribution >= 0.6 is 0 Å². The van der Waals surface area contributed by atoms with Crippen molar-refractivity contribution in [3.05, 3.63) is 60.2 Å². The number of ether oxygens (including phenoxy) is 1. The van der Waals surface area contributed by atoms with Crippen LogP contribution in [0.15, 0.2) is 54.6 Å². The highest BCUT2D eigenvalue weighted by molar-refractivity contribution is 7.86. The fourth-order valence-electron chi connectivity index (χ4n) is 3.82. The van der Waals surface area contributed by atoms with Crippen molar-refractivity contribution in [1.82, 2.24) is 13.5 Å². The van der Waals surface area contributed by atoms with Gasteiger partial charge in [-0.3, -0.25) is 9.69 Å². The molecule has 9 heteroatoms. The molecule has 0 aliphatic carbocycles. The highest BCUT2D eigenvalue weighted by atomic mass is 32.2. The van der Waals surface area contributed by atoms with E-state index in [1.54, 1.807) is 0 Å². The number of piperazine rings is 1. The number of anilines is 1. The summed E-state index contributed by atoms with van der Waals surface area (Å²) in [6.07, 6.45) is 0. The monoisotopic (exact) mass is 474 g/mol. The van der Waals surface area contributed by atoms with Gasteiger partial charge < -0.3 is 10.1 Å². The molecule has 1 aliphatic rings. The summed E-state index contributed by atoms with van der Waals surface area (Å²) in [7, 11) is -3.44. The molecule has 1 heterocycles. The second kappa shape index (κ2) is 11.6. The minimum Gasteiger partial charge on any atom is -0.489 e. The van der Waals surface area contributed by atoms with Crippen molar-refractivity contribution in [1.29, 1.82) is 0 Å². The molecular weight excluding hydrogens is 440 g/mol. The van der Waals surface area contributed by atoms with E-state index in [4.69, 9.17) is 4.74 Å². The SMILES string of the molecule is CCN(CC)S(=O)(=O)N1CCN(C(C)C(=O)Nc2ccc(OCc3ccccc3)cc2)CC1. The Morgan fingerprint density at radius 2 is 1.61 bits per heavy atom. The number of amides is 1. The lowest BCUT2D eigenvalue weighted by atomic mass is 10.2. The molecule has 1 atom stereocenters. The van der Waals surface area contributed by atoms with Crippen molar-refractivity contribution < 1.29 is 17.9 Å². The maximum Gasteiger partial charge on any atom is 0.282 e. The smallest absolute Gasteiger partial charge is 0.282 e. The Hall–Kier alpha value is -2.46. The molecule has 33 heavy (non-hydrogen) atoms.